The van der Waals surface area contributed by atoms with Crippen LogP contribution in [-0.2, 0) is 0 Å². The van der Waals surface area contributed by atoms with Crippen molar-refractivity contribution in [3.63, 3.8) is 0 Å². The highest BCUT2D eigenvalue weighted by atomic mass is 16.1. The third-order valence-corrected chi connectivity index (χ3v) is 4.30. The van der Waals surface area contributed by atoms with Crippen LogP contribution in [0.15, 0.2) is 35.3 Å². The normalized spacial score (nSPS) is 12.5. The first-order valence-electron chi connectivity index (χ1n) is 7.86. The molecule has 3 aromatic rings. The fourth-order valence-electron chi connectivity index (χ4n) is 2.81. The molecule has 24 heavy (non-hydrogen) atoms. The number of hydrogen-bond donors (Lipinski definition) is 2. The fraction of sp³-hybridized carbons (Fsp3) is 0.294. The Morgan fingerprint density at radius 1 is 1.46 bits per heavy atom. The number of pyridine rings is 2. The van der Waals surface area contributed by atoms with E-state index in [1.54, 1.807) is 22.9 Å². The minimum Gasteiger partial charge on any atom is -0.355 e. The SMILES string of the molecule is CC[C@@H](C)[n+]1c(N)c(C(=O)NC)cc2c(=O)n3ccccc3nc21. The molecule has 124 valence electrons. The van der Waals surface area contributed by atoms with Crippen LogP contribution >= 0.6 is 0 Å². The van der Waals surface area contributed by atoms with Gasteiger partial charge in [-0.05, 0) is 31.5 Å². The summed E-state index contributed by atoms with van der Waals surface area (Å²) in [7, 11) is 1.53. The molecule has 3 heterocycles. The van der Waals surface area contributed by atoms with Crippen LogP contribution in [0.5, 0.6) is 0 Å². The summed E-state index contributed by atoms with van der Waals surface area (Å²) in [4.78, 5) is 29.7. The Morgan fingerprint density at radius 2 is 2.21 bits per heavy atom. The first-order valence-corrected chi connectivity index (χ1v) is 7.86. The number of carbonyl (C=O) groups excluding carboxylic acids is 1. The van der Waals surface area contributed by atoms with Gasteiger partial charge in [-0.25, -0.2) is 4.57 Å². The van der Waals surface area contributed by atoms with Gasteiger partial charge in [-0.1, -0.05) is 18.0 Å². The highest BCUT2D eigenvalue weighted by Crippen LogP contribution is 2.17. The Balaban J connectivity index is 2.54. The number of amides is 1. The molecule has 0 fully saturated rings. The minimum atomic E-state index is -0.330. The molecule has 0 aliphatic heterocycles. The Morgan fingerprint density at radius 3 is 2.88 bits per heavy atom. The molecule has 0 unspecified atom stereocenters. The Hall–Kier alpha value is -2.96. The number of rotatable bonds is 3. The van der Waals surface area contributed by atoms with Crippen LogP contribution in [0.1, 0.15) is 36.7 Å². The van der Waals surface area contributed by atoms with Crippen molar-refractivity contribution >= 4 is 28.4 Å². The summed E-state index contributed by atoms with van der Waals surface area (Å²) in [5.74, 6) is -0.0209. The molecule has 0 radical (unpaired) electrons. The Kier molecular flexibility index (Phi) is 3.92. The quantitative estimate of drug-likeness (QED) is 0.556. The lowest BCUT2D eigenvalue weighted by molar-refractivity contribution is -0.683. The van der Waals surface area contributed by atoms with E-state index in [4.69, 9.17) is 5.73 Å². The molecule has 7 nitrogen and oxygen atoms in total. The van der Waals surface area contributed by atoms with E-state index >= 15 is 0 Å². The van der Waals surface area contributed by atoms with Crippen molar-refractivity contribution in [2.24, 2.45) is 0 Å². The molecule has 0 aliphatic carbocycles. The zero-order chi connectivity index (χ0) is 17.4. The van der Waals surface area contributed by atoms with Gasteiger partial charge in [-0.15, -0.1) is 0 Å². The summed E-state index contributed by atoms with van der Waals surface area (Å²) in [6.07, 6.45) is 2.45. The highest BCUT2D eigenvalue weighted by molar-refractivity contribution is 6.00. The average Bonchev–Trinajstić information content (AvgIpc) is 2.60. The van der Waals surface area contributed by atoms with Crippen LogP contribution in [0, 0.1) is 0 Å². The molecule has 7 heteroatoms. The van der Waals surface area contributed by atoms with E-state index in [1.807, 2.05) is 19.9 Å². The zero-order valence-corrected chi connectivity index (χ0v) is 13.9. The molecule has 3 N–H and O–H groups in total. The first-order chi connectivity index (χ1) is 11.5. The summed E-state index contributed by atoms with van der Waals surface area (Å²) in [6.45, 7) is 4.00. The maximum Gasteiger partial charge on any atom is 0.278 e. The molecule has 3 rings (SSSR count). The summed E-state index contributed by atoms with van der Waals surface area (Å²) >= 11 is 0. The lowest BCUT2D eigenvalue weighted by Crippen LogP contribution is -2.45. The monoisotopic (exact) mass is 326 g/mol. The molecule has 0 saturated carbocycles. The van der Waals surface area contributed by atoms with Crippen LogP contribution < -0.4 is 21.2 Å². The van der Waals surface area contributed by atoms with E-state index in [-0.39, 0.29) is 23.1 Å². The van der Waals surface area contributed by atoms with Crippen molar-refractivity contribution in [2.75, 3.05) is 12.8 Å². The smallest absolute Gasteiger partial charge is 0.278 e. The molecule has 0 spiro atoms. The van der Waals surface area contributed by atoms with Crippen molar-refractivity contribution < 1.29 is 9.36 Å². The van der Waals surface area contributed by atoms with Gasteiger partial charge in [-0.3, -0.25) is 14.0 Å². The van der Waals surface area contributed by atoms with Gasteiger partial charge in [0.2, 0.25) is 11.5 Å². The van der Waals surface area contributed by atoms with Crippen LogP contribution in [0.3, 0.4) is 0 Å². The summed E-state index contributed by atoms with van der Waals surface area (Å²) in [6, 6.07) is 6.88. The summed E-state index contributed by atoms with van der Waals surface area (Å²) in [5.41, 5.74) is 7.34. The summed E-state index contributed by atoms with van der Waals surface area (Å²) < 4.78 is 3.24. The second kappa shape index (κ2) is 5.92. The highest BCUT2D eigenvalue weighted by Gasteiger charge is 2.26. The predicted octanol–water partition coefficient (Wildman–Crippen LogP) is 1.05. The summed E-state index contributed by atoms with van der Waals surface area (Å²) in [5, 5.41) is 2.93. The predicted molar refractivity (Wildman–Crippen MR) is 92.0 cm³/mol. The van der Waals surface area contributed by atoms with Gasteiger partial charge >= 0.3 is 0 Å². The minimum absolute atomic E-state index is 0.00447. The van der Waals surface area contributed by atoms with Crippen LogP contribution in [-0.4, -0.2) is 22.3 Å². The van der Waals surface area contributed by atoms with Crippen LogP contribution in [0.4, 0.5) is 5.82 Å². The van der Waals surface area contributed by atoms with E-state index in [1.165, 1.54) is 17.5 Å². The third kappa shape index (κ3) is 2.29. The van der Waals surface area contributed by atoms with Gasteiger partial charge in [0.1, 0.15) is 10.9 Å². The molecular weight excluding hydrogens is 306 g/mol. The number of anilines is 1. The molecule has 0 aromatic carbocycles. The number of fused-ring (bicyclic) bond motifs is 2. The molecule has 1 amide bonds. The van der Waals surface area contributed by atoms with Gasteiger partial charge in [-0.2, -0.15) is 0 Å². The maximum atomic E-state index is 12.9. The van der Waals surface area contributed by atoms with Gasteiger partial charge in [0.05, 0.1) is 6.04 Å². The molecular formula is C17H20N5O2+. The lowest BCUT2D eigenvalue weighted by atomic mass is 10.1. The Bertz CT molecular complexity index is 1010. The van der Waals surface area contributed by atoms with E-state index in [9.17, 15) is 9.59 Å². The topological polar surface area (TPSA) is 93.4 Å². The number of carbonyl (C=O) groups is 1. The molecule has 1 atom stereocenters. The van der Waals surface area contributed by atoms with Gasteiger partial charge in [0.15, 0.2) is 0 Å². The Labute approximate surface area is 138 Å². The number of aromatic nitrogens is 3. The number of hydrogen-bond acceptors (Lipinski definition) is 4. The number of nitrogen functional groups attached to an aromatic ring is 1. The maximum absolute atomic E-state index is 12.9. The molecule has 0 saturated heterocycles. The van der Waals surface area contributed by atoms with Gasteiger partial charge < -0.3 is 11.1 Å². The molecule has 3 aromatic heterocycles. The van der Waals surface area contributed by atoms with Gasteiger partial charge in [0, 0.05) is 13.2 Å². The molecule has 0 bridgehead atoms. The van der Waals surface area contributed by atoms with E-state index in [0.717, 1.165) is 6.42 Å². The van der Waals surface area contributed by atoms with Crippen LogP contribution in [0.25, 0.3) is 16.7 Å². The average molecular weight is 326 g/mol. The van der Waals surface area contributed by atoms with E-state index in [2.05, 4.69) is 10.3 Å². The van der Waals surface area contributed by atoms with Crippen LogP contribution in [0.2, 0.25) is 0 Å². The first kappa shape index (κ1) is 15.9. The van der Waals surface area contributed by atoms with Crippen molar-refractivity contribution in [1.82, 2.24) is 14.7 Å². The fourth-order valence-corrected chi connectivity index (χ4v) is 2.81. The third-order valence-electron chi connectivity index (χ3n) is 4.30. The van der Waals surface area contributed by atoms with Crippen molar-refractivity contribution in [1.29, 1.82) is 0 Å². The van der Waals surface area contributed by atoms with Crippen molar-refractivity contribution in [3.8, 4) is 0 Å². The lowest BCUT2D eigenvalue weighted by Gasteiger charge is -2.15. The number of nitrogens with two attached hydrogens (primary N) is 1. The van der Waals surface area contributed by atoms with E-state index in [0.29, 0.717) is 22.5 Å². The van der Waals surface area contributed by atoms with Crippen molar-refractivity contribution in [2.45, 2.75) is 26.3 Å². The van der Waals surface area contributed by atoms with Crippen molar-refractivity contribution in [3.05, 3.63) is 46.4 Å². The molecule has 0 aliphatic rings. The second-order valence-corrected chi connectivity index (χ2v) is 5.73. The standard InChI is InChI=1S/C17H19N5O2/c1-4-10(2)22-14(18)11(16(23)19-3)9-12-15(22)20-13-7-5-6-8-21(13)17(12)24/h5-10,18H,4H2,1-3H3,(H,19,23)/p+1/t10-/m1/s1. The second-order valence-electron chi connectivity index (χ2n) is 5.73. The number of nitrogens with zero attached hydrogens (tertiary/aromatic N) is 3. The zero-order valence-electron chi connectivity index (χ0n) is 13.9. The van der Waals surface area contributed by atoms with E-state index < -0.39 is 0 Å². The number of nitrogens with one attached hydrogen (secondary N) is 1. The van der Waals surface area contributed by atoms with Gasteiger partial charge in [0.25, 0.3) is 17.1 Å². The largest absolute Gasteiger partial charge is 0.355 e.